The van der Waals surface area contributed by atoms with E-state index in [9.17, 15) is 13.2 Å². The van der Waals surface area contributed by atoms with Crippen molar-refractivity contribution in [2.45, 2.75) is 25.8 Å². The molecule has 9 heteroatoms. The van der Waals surface area contributed by atoms with Crippen LogP contribution in [0.5, 0.6) is 0 Å². The number of anilines is 1. The van der Waals surface area contributed by atoms with Gasteiger partial charge in [0.1, 0.15) is 0 Å². The summed E-state index contributed by atoms with van der Waals surface area (Å²) in [6, 6.07) is 7.08. The number of nitrogens with one attached hydrogen (secondary N) is 1. The summed E-state index contributed by atoms with van der Waals surface area (Å²) in [6.45, 7) is 1.82. The molecule has 1 aliphatic heterocycles. The monoisotopic (exact) mass is 338 g/mol. The molecule has 116 valence electrons. The molecular formula is C13H14N4O3S2. The van der Waals surface area contributed by atoms with E-state index in [4.69, 9.17) is 0 Å². The van der Waals surface area contributed by atoms with Crippen molar-refractivity contribution in [1.82, 2.24) is 13.5 Å². The second-order valence-corrected chi connectivity index (χ2v) is 7.15. The fourth-order valence-corrected chi connectivity index (χ4v) is 4.37. The van der Waals surface area contributed by atoms with Gasteiger partial charge in [0.2, 0.25) is 0 Å². The van der Waals surface area contributed by atoms with Crippen molar-refractivity contribution in [3.05, 3.63) is 41.7 Å². The number of hydrogen-bond donors (Lipinski definition) is 1. The van der Waals surface area contributed by atoms with Gasteiger partial charge in [-0.15, -0.1) is 0 Å². The number of rotatable bonds is 3. The number of benzene rings is 1. The van der Waals surface area contributed by atoms with E-state index in [0.717, 1.165) is 23.7 Å². The Kier molecular flexibility index (Phi) is 3.83. The Bertz CT molecular complexity index is 789. The quantitative estimate of drug-likeness (QED) is 0.912. The maximum Gasteiger partial charge on any atom is 0.326 e. The van der Waals surface area contributed by atoms with E-state index < -0.39 is 16.1 Å². The van der Waals surface area contributed by atoms with Crippen LogP contribution in [-0.2, 0) is 16.6 Å². The molecule has 2 aromatic rings. The summed E-state index contributed by atoms with van der Waals surface area (Å²) in [4.78, 5) is 12.0. The van der Waals surface area contributed by atoms with Crippen LogP contribution >= 0.6 is 11.7 Å². The molecule has 22 heavy (non-hydrogen) atoms. The van der Waals surface area contributed by atoms with Crippen LogP contribution in [-0.4, -0.2) is 29.1 Å². The Morgan fingerprint density at radius 3 is 2.91 bits per heavy atom. The van der Waals surface area contributed by atoms with Gasteiger partial charge in [0.25, 0.3) is 5.91 Å². The van der Waals surface area contributed by atoms with E-state index in [1.54, 1.807) is 12.1 Å². The number of nitrogens with zero attached hydrogens (tertiary/aromatic N) is 3. The van der Waals surface area contributed by atoms with E-state index in [1.807, 2.05) is 19.1 Å². The lowest BCUT2D eigenvalue weighted by molar-refractivity contribution is 0.0977. The number of amides is 1. The molecule has 1 atom stereocenters. The Morgan fingerprint density at radius 2 is 2.18 bits per heavy atom. The highest BCUT2D eigenvalue weighted by molar-refractivity contribution is 7.91. The van der Waals surface area contributed by atoms with Gasteiger partial charge in [-0.25, -0.2) is 4.72 Å². The number of hydrogen-bond acceptors (Lipinski definition) is 6. The third-order valence-electron chi connectivity index (χ3n) is 3.54. The molecule has 1 N–H and O–H groups in total. The topological polar surface area (TPSA) is 92.3 Å². The fraction of sp³-hybridized carbons (Fsp3) is 0.308. The van der Waals surface area contributed by atoms with Gasteiger partial charge in [-0.2, -0.15) is 17.2 Å². The average molecular weight is 338 g/mol. The first-order valence-electron chi connectivity index (χ1n) is 6.71. The average Bonchev–Trinajstić information content (AvgIpc) is 3.00. The van der Waals surface area contributed by atoms with Gasteiger partial charge in [-0.05, 0) is 31.4 Å². The van der Waals surface area contributed by atoms with Crippen LogP contribution in [0.2, 0.25) is 0 Å². The zero-order valence-electron chi connectivity index (χ0n) is 11.8. The maximum absolute atomic E-state index is 12.6. The number of carbonyl (C=O) groups excluding carboxylic acids is 1. The molecule has 0 fully saturated rings. The Labute approximate surface area is 132 Å². The summed E-state index contributed by atoms with van der Waals surface area (Å²) < 4.78 is 36.0. The second kappa shape index (κ2) is 5.65. The van der Waals surface area contributed by atoms with Gasteiger partial charge in [0.15, 0.2) is 5.69 Å². The van der Waals surface area contributed by atoms with Gasteiger partial charge in [-0.3, -0.25) is 9.10 Å². The molecule has 0 bridgehead atoms. The molecule has 3 rings (SSSR count). The van der Waals surface area contributed by atoms with E-state index in [-0.39, 0.29) is 11.7 Å². The molecule has 1 aliphatic rings. The van der Waals surface area contributed by atoms with Crippen LogP contribution in [0, 0.1) is 0 Å². The minimum atomic E-state index is -4.00. The third-order valence-corrected chi connectivity index (χ3v) is 5.53. The minimum Gasteiger partial charge on any atom is -0.266 e. The van der Waals surface area contributed by atoms with Crippen LogP contribution in [0.15, 0.2) is 30.5 Å². The van der Waals surface area contributed by atoms with E-state index in [2.05, 4.69) is 13.5 Å². The van der Waals surface area contributed by atoms with Crippen LogP contribution in [0.3, 0.4) is 0 Å². The fourth-order valence-electron chi connectivity index (χ4n) is 2.51. The molecule has 2 heterocycles. The lowest BCUT2D eigenvalue weighted by Gasteiger charge is -2.35. The van der Waals surface area contributed by atoms with E-state index >= 15 is 0 Å². The van der Waals surface area contributed by atoms with Gasteiger partial charge >= 0.3 is 10.2 Å². The van der Waals surface area contributed by atoms with Crippen molar-refractivity contribution in [3.63, 3.8) is 0 Å². The van der Waals surface area contributed by atoms with Crippen molar-refractivity contribution < 1.29 is 13.2 Å². The number of aryl methyl sites for hydroxylation is 1. The largest absolute Gasteiger partial charge is 0.326 e. The summed E-state index contributed by atoms with van der Waals surface area (Å²) in [5.74, 6) is -0.774. The van der Waals surface area contributed by atoms with Crippen molar-refractivity contribution >= 4 is 33.5 Å². The smallest absolute Gasteiger partial charge is 0.266 e. The van der Waals surface area contributed by atoms with Crippen molar-refractivity contribution in [2.75, 3.05) is 4.31 Å². The van der Waals surface area contributed by atoms with Crippen LogP contribution in [0.25, 0.3) is 0 Å². The summed E-state index contributed by atoms with van der Waals surface area (Å²) in [5, 5.41) is 0. The molecule has 0 spiro atoms. The molecule has 7 nitrogen and oxygen atoms in total. The van der Waals surface area contributed by atoms with Crippen molar-refractivity contribution in [3.8, 4) is 0 Å². The second-order valence-electron chi connectivity index (χ2n) is 5.04. The predicted octanol–water partition coefficient (Wildman–Crippen LogP) is 1.35. The number of fused-ring (bicyclic) bond motifs is 1. The summed E-state index contributed by atoms with van der Waals surface area (Å²) in [5.41, 5.74) is 1.55. The first-order valence-corrected chi connectivity index (χ1v) is 8.88. The van der Waals surface area contributed by atoms with Gasteiger partial charge in [-0.1, -0.05) is 18.2 Å². The summed E-state index contributed by atoms with van der Waals surface area (Å²) in [7, 11) is -4.00. The highest BCUT2D eigenvalue weighted by Gasteiger charge is 2.34. The minimum absolute atomic E-state index is 0.00785. The highest BCUT2D eigenvalue weighted by atomic mass is 32.2. The van der Waals surface area contributed by atoms with Crippen LogP contribution < -0.4 is 9.03 Å². The maximum atomic E-state index is 12.6. The van der Waals surface area contributed by atoms with Crippen molar-refractivity contribution in [2.24, 2.45) is 0 Å². The Morgan fingerprint density at radius 1 is 1.41 bits per heavy atom. The first-order chi connectivity index (χ1) is 10.5. The summed E-state index contributed by atoms with van der Waals surface area (Å²) in [6.07, 6.45) is 2.75. The molecule has 0 saturated carbocycles. The summed E-state index contributed by atoms with van der Waals surface area (Å²) >= 11 is 0.849. The lowest BCUT2D eigenvalue weighted by Crippen LogP contribution is -2.49. The normalized spacial score (nSPS) is 17.9. The molecule has 1 amide bonds. The van der Waals surface area contributed by atoms with Gasteiger partial charge in [0.05, 0.1) is 23.6 Å². The molecule has 0 radical (unpaired) electrons. The molecule has 0 aliphatic carbocycles. The SMILES string of the molecule is CC1CCc2ccccc2N1S(=O)(=O)NC(=O)c1cnsn1. The van der Waals surface area contributed by atoms with Gasteiger partial charge < -0.3 is 0 Å². The third kappa shape index (κ3) is 2.69. The van der Waals surface area contributed by atoms with Crippen molar-refractivity contribution in [1.29, 1.82) is 0 Å². The standard InChI is InChI=1S/C13H14N4O3S2/c1-9-6-7-10-4-2-3-5-12(10)17(9)22(19,20)16-13(18)11-8-14-21-15-11/h2-5,8-9H,6-7H2,1H3,(H,16,18). The van der Waals surface area contributed by atoms with Crippen LogP contribution in [0.1, 0.15) is 29.4 Å². The van der Waals surface area contributed by atoms with E-state index in [1.165, 1.54) is 10.5 Å². The Hall–Kier alpha value is -2.00. The lowest BCUT2D eigenvalue weighted by atomic mass is 9.99. The zero-order valence-corrected chi connectivity index (χ0v) is 13.4. The number of aromatic nitrogens is 2. The number of para-hydroxylation sites is 1. The first kappa shape index (κ1) is 14.9. The highest BCUT2D eigenvalue weighted by Crippen LogP contribution is 2.32. The molecule has 1 unspecified atom stereocenters. The van der Waals surface area contributed by atoms with E-state index in [0.29, 0.717) is 12.1 Å². The zero-order chi connectivity index (χ0) is 15.7. The molecule has 1 aromatic carbocycles. The molecular weight excluding hydrogens is 324 g/mol. The molecule has 1 aromatic heterocycles. The van der Waals surface area contributed by atoms with Crippen LogP contribution in [0.4, 0.5) is 5.69 Å². The number of carbonyl (C=O) groups is 1. The molecule has 0 saturated heterocycles. The predicted molar refractivity (Wildman–Crippen MR) is 83.0 cm³/mol. The Balaban J connectivity index is 1.93. The van der Waals surface area contributed by atoms with Gasteiger partial charge in [0, 0.05) is 6.04 Å².